The highest BCUT2D eigenvalue weighted by molar-refractivity contribution is 5.80. The maximum atomic E-state index is 11.2. The molecule has 0 saturated heterocycles. The van der Waals surface area contributed by atoms with Gasteiger partial charge in [-0.15, -0.1) is 0 Å². The topological polar surface area (TPSA) is 17.1 Å². The smallest absolute Gasteiger partial charge is 0.133 e. The van der Waals surface area contributed by atoms with Gasteiger partial charge in [-0.1, -0.05) is 19.1 Å². The van der Waals surface area contributed by atoms with Crippen LogP contribution in [-0.4, -0.2) is 5.78 Å². The molecule has 3 unspecified atom stereocenters. The van der Waals surface area contributed by atoms with Crippen LogP contribution in [0.15, 0.2) is 12.2 Å². The zero-order chi connectivity index (χ0) is 8.06. The highest BCUT2D eigenvalue weighted by Gasteiger charge is 2.46. The van der Waals surface area contributed by atoms with Crippen LogP contribution < -0.4 is 0 Å². The molecule has 60 valence electrons. The molecule has 1 fully saturated rings. The Morgan fingerprint density at radius 2 is 2.36 bits per heavy atom. The minimum absolute atomic E-state index is 0.219. The summed E-state index contributed by atoms with van der Waals surface area (Å²) in [6.07, 6.45) is 6.83. The lowest BCUT2D eigenvalue weighted by Crippen LogP contribution is -2.24. The minimum atomic E-state index is 0.219. The van der Waals surface area contributed by atoms with Crippen molar-refractivity contribution in [3.8, 4) is 0 Å². The Labute approximate surface area is 67.5 Å². The van der Waals surface area contributed by atoms with Gasteiger partial charge in [0.2, 0.25) is 0 Å². The number of fused-ring (bicyclic) bond motifs is 2. The van der Waals surface area contributed by atoms with Gasteiger partial charge < -0.3 is 0 Å². The number of carbonyl (C=O) groups excluding carboxylic acids is 1. The van der Waals surface area contributed by atoms with Crippen LogP contribution >= 0.6 is 0 Å². The van der Waals surface area contributed by atoms with E-state index in [1.807, 2.05) is 0 Å². The molecule has 2 aliphatic carbocycles. The van der Waals surface area contributed by atoms with Crippen LogP contribution in [0.25, 0.3) is 0 Å². The normalized spacial score (nSPS) is 46.7. The van der Waals surface area contributed by atoms with Gasteiger partial charge in [0.15, 0.2) is 0 Å². The lowest BCUT2D eigenvalue weighted by Gasteiger charge is -2.25. The zero-order valence-corrected chi connectivity index (χ0v) is 7.13. The summed E-state index contributed by atoms with van der Waals surface area (Å²) in [4.78, 5) is 11.2. The van der Waals surface area contributed by atoms with Crippen molar-refractivity contribution in [2.24, 2.45) is 17.3 Å². The molecule has 1 heteroatoms. The summed E-state index contributed by atoms with van der Waals surface area (Å²) < 4.78 is 0. The molecule has 3 atom stereocenters. The Morgan fingerprint density at radius 3 is 2.64 bits per heavy atom. The first-order chi connectivity index (χ1) is 5.12. The number of rotatable bonds is 1. The molecule has 11 heavy (non-hydrogen) atoms. The largest absolute Gasteiger partial charge is 0.300 e. The van der Waals surface area contributed by atoms with E-state index in [1.165, 1.54) is 6.42 Å². The summed E-state index contributed by atoms with van der Waals surface area (Å²) in [5, 5.41) is 0. The summed E-state index contributed by atoms with van der Waals surface area (Å²) in [6.45, 7) is 3.94. The Balaban J connectivity index is 2.29. The van der Waals surface area contributed by atoms with E-state index in [-0.39, 0.29) is 5.41 Å². The molecule has 0 spiro atoms. The molecule has 0 heterocycles. The second-order valence-corrected chi connectivity index (χ2v) is 4.23. The molecule has 0 aromatic heterocycles. The third-order valence-electron chi connectivity index (χ3n) is 3.28. The number of allylic oxidation sites excluding steroid dienone is 2. The summed E-state index contributed by atoms with van der Waals surface area (Å²) >= 11 is 0. The standard InChI is InChI=1S/C10H14O/c1-7(11)9-5-8-3-4-10(9,2)6-8/h3-4,8-9H,5-6H2,1-2H3. The van der Waals surface area contributed by atoms with Gasteiger partial charge >= 0.3 is 0 Å². The van der Waals surface area contributed by atoms with Gasteiger partial charge in [0.1, 0.15) is 5.78 Å². The molecule has 0 aromatic carbocycles. The third kappa shape index (κ3) is 0.867. The Kier molecular flexibility index (Phi) is 1.26. The van der Waals surface area contributed by atoms with Gasteiger partial charge in [-0.05, 0) is 31.1 Å². The molecule has 0 amide bonds. The molecule has 2 aliphatic rings. The minimum Gasteiger partial charge on any atom is -0.300 e. The summed E-state index contributed by atoms with van der Waals surface area (Å²) in [5.41, 5.74) is 0.219. The number of Topliss-reactive ketones (excluding diaryl/α,β-unsaturated/α-hetero) is 1. The average molecular weight is 150 g/mol. The van der Waals surface area contributed by atoms with E-state index < -0.39 is 0 Å². The van der Waals surface area contributed by atoms with E-state index in [0.717, 1.165) is 6.42 Å². The fourth-order valence-corrected chi connectivity index (χ4v) is 2.68. The van der Waals surface area contributed by atoms with Crippen LogP contribution in [0.5, 0.6) is 0 Å². The van der Waals surface area contributed by atoms with Crippen LogP contribution in [0.3, 0.4) is 0 Å². The van der Waals surface area contributed by atoms with E-state index in [0.29, 0.717) is 17.6 Å². The maximum absolute atomic E-state index is 11.2. The van der Waals surface area contributed by atoms with E-state index in [4.69, 9.17) is 0 Å². The van der Waals surface area contributed by atoms with Crippen molar-refractivity contribution >= 4 is 5.78 Å². The van der Waals surface area contributed by atoms with Crippen LogP contribution in [0.1, 0.15) is 26.7 Å². The number of carbonyl (C=O) groups is 1. The Morgan fingerprint density at radius 1 is 1.64 bits per heavy atom. The first-order valence-electron chi connectivity index (χ1n) is 4.32. The predicted octanol–water partition coefficient (Wildman–Crippen LogP) is 2.18. The molecule has 1 nitrogen and oxygen atoms in total. The van der Waals surface area contributed by atoms with E-state index in [9.17, 15) is 4.79 Å². The third-order valence-corrected chi connectivity index (χ3v) is 3.28. The fraction of sp³-hybridized carbons (Fsp3) is 0.700. The van der Waals surface area contributed by atoms with Gasteiger partial charge in [0.25, 0.3) is 0 Å². The van der Waals surface area contributed by atoms with Crippen molar-refractivity contribution in [1.82, 2.24) is 0 Å². The molecular formula is C10H14O. The second-order valence-electron chi connectivity index (χ2n) is 4.23. The lowest BCUT2D eigenvalue weighted by molar-refractivity contribution is -0.122. The summed E-state index contributed by atoms with van der Waals surface area (Å²) in [7, 11) is 0. The van der Waals surface area contributed by atoms with Gasteiger partial charge in [0.05, 0.1) is 0 Å². The number of ketones is 1. The highest BCUT2D eigenvalue weighted by Crippen LogP contribution is 2.52. The maximum Gasteiger partial charge on any atom is 0.133 e. The molecule has 1 saturated carbocycles. The highest BCUT2D eigenvalue weighted by atomic mass is 16.1. The van der Waals surface area contributed by atoms with Crippen LogP contribution in [0.4, 0.5) is 0 Å². The molecule has 0 radical (unpaired) electrons. The van der Waals surface area contributed by atoms with Gasteiger partial charge in [-0.2, -0.15) is 0 Å². The summed E-state index contributed by atoms with van der Waals surface area (Å²) in [6, 6.07) is 0. The van der Waals surface area contributed by atoms with Crippen molar-refractivity contribution < 1.29 is 4.79 Å². The van der Waals surface area contributed by atoms with Crippen molar-refractivity contribution in [3.63, 3.8) is 0 Å². The first-order valence-corrected chi connectivity index (χ1v) is 4.32. The van der Waals surface area contributed by atoms with E-state index in [1.54, 1.807) is 6.92 Å². The second kappa shape index (κ2) is 1.96. The number of hydrogen-bond acceptors (Lipinski definition) is 1. The Hall–Kier alpha value is -0.590. The molecule has 0 aliphatic heterocycles. The van der Waals surface area contributed by atoms with Gasteiger partial charge in [-0.3, -0.25) is 4.79 Å². The predicted molar refractivity (Wildman–Crippen MR) is 44.1 cm³/mol. The van der Waals surface area contributed by atoms with Crippen LogP contribution in [0, 0.1) is 17.3 Å². The van der Waals surface area contributed by atoms with Crippen molar-refractivity contribution in [2.45, 2.75) is 26.7 Å². The Bertz CT molecular complexity index is 229. The van der Waals surface area contributed by atoms with Crippen molar-refractivity contribution in [1.29, 1.82) is 0 Å². The monoisotopic (exact) mass is 150 g/mol. The van der Waals surface area contributed by atoms with Gasteiger partial charge in [0, 0.05) is 5.92 Å². The van der Waals surface area contributed by atoms with Crippen LogP contribution in [0.2, 0.25) is 0 Å². The van der Waals surface area contributed by atoms with Crippen molar-refractivity contribution in [3.05, 3.63) is 12.2 Å². The zero-order valence-electron chi connectivity index (χ0n) is 7.13. The SMILES string of the molecule is CC(=O)C1CC2C=CC1(C)C2. The van der Waals surface area contributed by atoms with E-state index in [2.05, 4.69) is 19.1 Å². The molecule has 2 rings (SSSR count). The lowest BCUT2D eigenvalue weighted by atomic mass is 9.78. The first kappa shape index (κ1) is 7.08. The molecule has 0 aromatic rings. The van der Waals surface area contributed by atoms with Crippen molar-refractivity contribution in [2.75, 3.05) is 0 Å². The fourth-order valence-electron chi connectivity index (χ4n) is 2.68. The molecule has 2 bridgehead atoms. The summed E-state index contributed by atoms with van der Waals surface area (Å²) in [5.74, 6) is 1.39. The molecule has 0 N–H and O–H groups in total. The number of hydrogen-bond donors (Lipinski definition) is 0. The average Bonchev–Trinajstić information content (AvgIpc) is 2.41. The molecular weight excluding hydrogens is 136 g/mol. The van der Waals surface area contributed by atoms with E-state index >= 15 is 0 Å². The quantitative estimate of drug-likeness (QED) is 0.523. The van der Waals surface area contributed by atoms with Crippen LogP contribution in [-0.2, 0) is 4.79 Å². The van der Waals surface area contributed by atoms with Gasteiger partial charge in [-0.25, -0.2) is 0 Å².